The van der Waals surface area contributed by atoms with Crippen molar-refractivity contribution in [1.82, 2.24) is 4.90 Å². The van der Waals surface area contributed by atoms with Gasteiger partial charge in [0.25, 0.3) is 0 Å². The Morgan fingerprint density at radius 1 is 0.950 bits per heavy atom. The Labute approximate surface area is 123 Å². The van der Waals surface area contributed by atoms with Gasteiger partial charge >= 0.3 is 0 Å². The van der Waals surface area contributed by atoms with Crippen molar-refractivity contribution in [3.8, 4) is 0 Å². The Bertz CT molecular complexity index is 248. The van der Waals surface area contributed by atoms with Crippen molar-refractivity contribution < 1.29 is 15.0 Å². The van der Waals surface area contributed by atoms with Gasteiger partial charge in [0.1, 0.15) is 0 Å². The first-order chi connectivity index (χ1) is 9.76. The molecule has 0 aliphatic carbocycles. The van der Waals surface area contributed by atoms with Crippen molar-refractivity contribution >= 4 is 5.91 Å². The Hall–Kier alpha value is -0.870. The maximum atomic E-state index is 11.8. The monoisotopic (exact) mass is 285 g/mol. The van der Waals surface area contributed by atoms with Crippen molar-refractivity contribution in [3.05, 3.63) is 12.2 Å². The second kappa shape index (κ2) is 14.5. The zero-order valence-electron chi connectivity index (χ0n) is 12.9. The van der Waals surface area contributed by atoms with Crippen LogP contribution in [0.2, 0.25) is 0 Å². The van der Waals surface area contributed by atoms with Crippen LogP contribution in [0.25, 0.3) is 0 Å². The van der Waals surface area contributed by atoms with Crippen LogP contribution in [0.15, 0.2) is 12.2 Å². The molecule has 0 aliphatic heterocycles. The molecule has 2 N–H and O–H groups in total. The molecule has 0 aromatic carbocycles. The van der Waals surface area contributed by atoms with Gasteiger partial charge in [-0.25, -0.2) is 0 Å². The zero-order valence-corrected chi connectivity index (χ0v) is 12.9. The predicted octanol–water partition coefficient (Wildman–Crippen LogP) is 2.50. The van der Waals surface area contributed by atoms with E-state index >= 15 is 0 Å². The highest BCUT2D eigenvalue weighted by atomic mass is 16.3. The van der Waals surface area contributed by atoms with Crippen LogP contribution >= 0.6 is 0 Å². The number of carbonyl (C=O) groups excluding carboxylic acids is 1. The van der Waals surface area contributed by atoms with Gasteiger partial charge in [0, 0.05) is 19.5 Å². The van der Waals surface area contributed by atoms with Gasteiger partial charge in [-0.2, -0.15) is 0 Å². The van der Waals surface area contributed by atoms with E-state index in [4.69, 9.17) is 10.2 Å². The van der Waals surface area contributed by atoms with Gasteiger partial charge in [-0.15, -0.1) is 0 Å². The zero-order chi connectivity index (χ0) is 15.1. The highest BCUT2D eigenvalue weighted by Crippen LogP contribution is 2.09. The molecule has 0 bridgehead atoms. The van der Waals surface area contributed by atoms with Crippen molar-refractivity contribution in [3.63, 3.8) is 0 Å². The van der Waals surface area contributed by atoms with Gasteiger partial charge < -0.3 is 15.1 Å². The molecule has 4 nitrogen and oxygen atoms in total. The lowest BCUT2D eigenvalue weighted by Crippen LogP contribution is -2.35. The number of aliphatic hydroxyl groups is 2. The number of nitrogens with zero attached hydrogens (tertiary/aromatic N) is 1. The highest BCUT2D eigenvalue weighted by Gasteiger charge is 2.11. The fourth-order valence-electron chi connectivity index (χ4n) is 2.11. The molecule has 0 saturated heterocycles. The molecule has 0 radical (unpaired) electrons. The minimum absolute atomic E-state index is 0.0407. The first-order valence-electron chi connectivity index (χ1n) is 7.90. The molecule has 0 saturated carbocycles. The summed E-state index contributed by atoms with van der Waals surface area (Å²) in [6, 6.07) is 0. The average molecular weight is 285 g/mol. The van der Waals surface area contributed by atoms with Gasteiger partial charge in [-0.05, 0) is 25.7 Å². The van der Waals surface area contributed by atoms with Gasteiger partial charge in [-0.3, -0.25) is 4.79 Å². The van der Waals surface area contributed by atoms with Crippen LogP contribution in [0.1, 0.15) is 58.3 Å². The summed E-state index contributed by atoms with van der Waals surface area (Å²) < 4.78 is 0. The molecule has 0 aromatic heterocycles. The third kappa shape index (κ3) is 11.0. The third-order valence-corrected chi connectivity index (χ3v) is 3.26. The number of allylic oxidation sites excluding steroid dienone is 2. The number of unbranched alkanes of at least 4 members (excludes halogenated alkanes) is 5. The Morgan fingerprint density at radius 2 is 1.55 bits per heavy atom. The standard InChI is InChI=1S/C16H31NO3/c1-2-3-4-5-6-7-8-9-10-11-16(20)17(12-14-18)13-15-19/h3-4,18-19H,2,5-15H2,1H3/b4-3+. The molecular weight excluding hydrogens is 254 g/mol. The van der Waals surface area contributed by atoms with E-state index in [0.29, 0.717) is 19.5 Å². The van der Waals surface area contributed by atoms with Crippen LogP contribution in [-0.2, 0) is 4.79 Å². The van der Waals surface area contributed by atoms with E-state index in [0.717, 1.165) is 25.7 Å². The molecule has 1 amide bonds. The second-order valence-electron chi connectivity index (χ2n) is 5.01. The first-order valence-corrected chi connectivity index (χ1v) is 7.90. The summed E-state index contributed by atoms with van der Waals surface area (Å²) in [6.45, 7) is 2.70. The lowest BCUT2D eigenvalue weighted by Gasteiger charge is -2.20. The van der Waals surface area contributed by atoms with Gasteiger partial charge in [0.15, 0.2) is 0 Å². The summed E-state index contributed by atoms with van der Waals surface area (Å²) in [5.74, 6) is 0.0407. The second-order valence-corrected chi connectivity index (χ2v) is 5.01. The van der Waals surface area contributed by atoms with E-state index in [1.54, 1.807) is 0 Å². The molecule has 0 rings (SSSR count). The minimum Gasteiger partial charge on any atom is -0.395 e. The minimum atomic E-state index is -0.0446. The molecule has 4 heteroatoms. The van der Waals surface area contributed by atoms with Crippen molar-refractivity contribution in [2.45, 2.75) is 58.3 Å². The SMILES string of the molecule is CC/C=C/CCCCCCCC(=O)N(CCO)CCO. The lowest BCUT2D eigenvalue weighted by atomic mass is 10.1. The largest absolute Gasteiger partial charge is 0.395 e. The van der Waals surface area contributed by atoms with E-state index in [9.17, 15) is 4.79 Å². The maximum Gasteiger partial charge on any atom is 0.222 e. The Balaban J connectivity index is 3.52. The molecule has 0 aliphatic rings. The third-order valence-electron chi connectivity index (χ3n) is 3.26. The van der Waals surface area contributed by atoms with Crippen LogP contribution in [-0.4, -0.2) is 47.3 Å². The number of hydrogen-bond donors (Lipinski definition) is 2. The van der Waals surface area contributed by atoms with Crippen LogP contribution in [0.4, 0.5) is 0 Å². The molecule has 0 heterocycles. The van der Waals surface area contributed by atoms with Crippen LogP contribution in [0.3, 0.4) is 0 Å². The number of carbonyl (C=O) groups is 1. The van der Waals surface area contributed by atoms with Crippen LogP contribution in [0.5, 0.6) is 0 Å². The van der Waals surface area contributed by atoms with E-state index in [2.05, 4.69) is 19.1 Å². The summed E-state index contributed by atoms with van der Waals surface area (Å²) in [5.41, 5.74) is 0. The summed E-state index contributed by atoms with van der Waals surface area (Å²) in [4.78, 5) is 13.4. The van der Waals surface area contributed by atoms with Crippen molar-refractivity contribution in [1.29, 1.82) is 0 Å². The molecule has 0 spiro atoms. The first kappa shape index (κ1) is 19.1. The molecule has 118 valence electrons. The quantitative estimate of drug-likeness (QED) is 0.404. The number of rotatable bonds is 13. The van der Waals surface area contributed by atoms with Crippen LogP contribution < -0.4 is 0 Å². The summed E-state index contributed by atoms with van der Waals surface area (Å²) in [5, 5.41) is 17.7. The molecule has 0 atom stereocenters. The maximum absolute atomic E-state index is 11.8. The molecular formula is C16H31NO3. The van der Waals surface area contributed by atoms with E-state index < -0.39 is 0 Å². The summed E-state index contributed by atoms with van der Waals surface area (Å²) >= 11 is 0. The number of aliphatic hydroxyl groups excluding tert-OH is 2. The van der Waals surface area contributed by atoms with Gasteiger partial charge in [0.05, 0.1) is 13.2 Å². The molecule has 0 fully saturated rings. The van der Waals surface area contributed by atoms with E-state index in [1.807, 2.05) is 0 Å². The van der Waals surface area contributed by atoms with Gasteiger partial charge in [0.2, 0.25) is 5.91 Å². The molecule has 0 unspecified atom stereocenters. The summed E-state index contributed by atoms with van der Waals surface area (Å²) in [7, 11) is 0. The predicted molar refractivity (Wildman–Crippen MR) is 82.5 cm³/mol. The Kier molecular flexibility index (Phi) is 13.9. The molecule has 20 heavy (non-hydrogen) atoms. The van der Waals surface area contributed by atoms with E-state index in [-0.39, 0.29) is 19.1 Å². The van der Waals surface area contributed by atoms with Crippen molar-refractivity contribution in [2.24, 2.45) is 0 Å². The summed E-state index contributed by atoms with van der Waals surface area (Å²) in [6.07, 6.45) is 12.8. The number of amides is 1. The number of hydrogen-bond acceptors (Lipinski definition) is 3. The fourth-order valence-corrected chi connectivity index (χ4v) is 2.11. The smallest absolute Gasteiger partial charge is 0.222 e. The van der Waals surface area contributed by atoms with Crippen LogP contribution in [0, 0.1) is 0 Å². The highest BCUT2D eigenvalue weighted by molar-refractivity contribution is 5.76. The van der Waals surface area contributed by atoms with Crippen molar-refractivity contribution in [2.75, 3.05) is 26.3 Å². The topological polar surface area (TPSA) is 60.8 Å². The normalized spacial score (nSPS) is 11.2. The average Bonchev–Trinajstić information content (AvgIpc) is 2.45. The van der Waals surface area contributed by atoms with Gasteiger partial charge in [-0.1, -0.05) is 38.3 Å². The molecule has 0 aromatic rings. The lowest BCUT2D eigenvalue weighted by molar-refractivity contribution is -0.132. The van der Waals surface area contributed by atoms with E-state index in [1.165, 1.54) is 24.2 Å². The Morgan fingerprint density at radius 3 is 2.15 bits per heavy atom. The fraction of sp³-hybridized carbons (Fsp3) is 0.812.